The summed E-state index contributed by atoms with van der Waals surface area (Å²) in [6.45, 7) is 2.04. The van der Waals surface area contributed by atoms with Gasteiger partial charge in [0.25, 0.3) is 0 Å². The van der Waals surface area contributed by atoms with Gasteiger partial charge in [0.2, 0.25) is 0 Å². The first-order valence-corrected chi connectivity index (χ1v) is 5.73. The van der Waals surface area contributed by atoms with Crippen molar-refractivity contribution in [3.8, 4) is 0 Å². The van der Waals surface area contributed by atoms with Crippen LogP contribution in [0.2, 0.25) is 5.22 Å². The standard InChI is InChI=1S/C10H11ClN2OS/c1-6-4-5-15-10(6)9(13-12)7-2-3-8(11)14-7/h2-5,9,13H,12H2,1H3. The normalized spacial score (nSPS) is 13.0. The molecule has 80 valence electrons. The molecule has 1 atom stereocenters. The van der Waals surface area contributed by atoms with Crippen LogP contribution in [0.1, 0.15) is 22.2 Å². The predicted molar refractivity (Wildman–Crippen MR) is 61.9 cm³/mol. The van der Waals surface area contributed by atoms with E-state index in [1.165, 1.54) is 5.56 Å². The Morgan fingerprint density at radius 3 is 2.73 bits per heavy atom. The topological polar surface area (TPSA) is 51.2 Å². The summed E-state index contributed by atoms with van der Waals surface area (Å²) in [5.74, 6) is 6.26. The highest BCUT2D eigenvalue weighted by Gasteiger charge is 2.19. The van der Waals surface area contributed by atoms with Crippen molar-refractivity contribution in [1.29, 1.82) is 0 Å². The van der Waals surface area contributed by atoms with Crippen LogP contribution in [0.4, 0.5) is 0 Å². The van der Waals surface area contributed by atoms with E-state index in [9.17, 15) is 0 Å². The molecule has 5 heteroatoms. The quantitative estimate of drug-likeness (QED) is 0.643. The van der Waals surface area contributed by atoms with Crippen molar-refractivity contribution in [2.45, 2.75) is 13.0 Å². The summed E-state index contributed by atoms with van der Waals surface area (Å²) >= 11 is 7.37. The number of hydrogen-bond donors (Lipinski definition) is 2. The fourth-order valence-corrected chi connectivity index (χ4v) is 2.60. The molecule has 1 unspecified atom stereocenters. The molecular formula is C10H11ClN2OS. The van der Waals surface area contributed by atoms with E-state index in [2.05, 4.69) is 11.5 Å². The lowest BCUT2D eigenvalue weighted by Crippen LogP contribution is -2.28. The summed E-state index contributed by atoms with van der Waals surface area (Å²) in [4.78, 5) is 1.14. The van der Waals surface area contributed by atoms with Crippen LogP contribution in [0.5, 0.6) is 0 Å². The van der Waals surface area contributed by atoms with Gasteiger partial charge < -0.3 is 4.42 Å². The molecule has 0 spiro atoms. The fraction of sp³-hybridized carbons (Fsp3) is 0.200. The van der Waals surface area contributed by atoms with E-state index in [-0.39, 0.29) is 6.04 Å². The number of aryl methyl sites for hydroxylation is 1. The van der Waals surface area contributed by atoms with Crippen molar-refractivity contribution >= 4 is 22.9 Å². The lowest BCUT2D eigenvalue weighted by Gasteiger charge is -2.12. The molecular weight excluding hydrogens is 232 g/mol. The molecule has 3 nitrogen and oxygen atoms in total. The molecule has 15 heavy (non-hydrogen) atoms. The Labute approximate surface area is 96.8 Å². The third kappa shape index (κ3) is 2.08. The Bertz CT molecular complexity index is 452. The molecule has 2 aromatic rings. The largest absolute Gasteiger partial charge is 0.448 e. The van der Waals surface area contributed by atoms with Crippen LogP contribution in [0.25, 0.3) is 0 Å². The summed E-state index contributed by atoms with van der Waals surface area (Å²) in [5.41, 5.74) is 3.92. The molecule has 0 aliphatic carbocycles. The van der Waals surface area contributed by atoms with Crippen molar-refractivity contribution in [2.75, 3.05) is 0 Å². The van der Waals surface area contributed by atoms with Crippen LogP contribution in [0.3, 0.4) is 0 Å². The van der Waals surface area contributed by atoms with Gasteiger partial charge in [0.15, 0.2) is 5.22 Å². The highest BCUT2D eigenvalue weighted by molar-refractivity contribution is 7.10. The zero-order chi connectivity index (χ0) is 10.8. The summed E-state index contributed by atoms with van der Waals surface area (Å²) < 4.78 is 5.34. The number of thiophene rings is 1. The first kappa shape index (κ1) is 10.7. The average Bonchev–Trinajstić information content (AvgIpc) is 2.79. The van der Waals surface area contributed by atoms with Gasteiger partial charge in [-0.2, -0.15) is 0 Å². The number of halogens is 1. The van der Waals surface area contributed by atoms with Crippen LogP contribution in [0.15, 0.2) is 28.0 Å². The molecule has 0 aliphatic rings. The van der Waals surface area contributed by atoms with E-state index in [0.29, 0.717) is 5.22 Å². The summed E-state index contributed by atoms with van der Waals surface area (Å²) in [6, 6.07) is 5.46. The van der Waals surface area contributed by atoms with Gasteiger partial charge in [-0.05, 0) is 47.7 Å². The number of hydrazine groups is 1. The lowest BCUT2D eigenvalue weighted by molar-refractivity contribution is 0.456. The predicted octanol–water partition coefficient (Wildman–Crippen LogP) is 2.86. The van der Waals surface area contributed by atoms with Crippen molar-refractivity contribution in [1.82, 2.24) is 5.43 Å². The van der Waals surface area contributed by atoms with E-state index >= 15 is 0 Å². The molecule has 2 rings (SSSR count). The number of nitrogens with two attached hydrogens (primary N) is 1. The molecule has 3 N–H and O–H groups in total. The highest BCUT2D eigenvalue weighted by Crippen LogP contribution is 2.30. The van der Waals surface area contributed by atoms with Gasteiger partial charge in [-0.15, -0.1) is 11.3 Å². The number of furan rings is 1. The maximum Gasteiger partial charge on any atom is 0.193 e. The highest BCUT2D eigenvalue weighted by atomic mass is 35.5. The molecule has 2 aromatic heterocycles. The summed E-state index contributed by atoms with van der Waals surface area (Å²) in [6.07, 6.45) is 0. The van der Waals surface area contributed by atoms with E-state index in [1.807, 2.05) is 18.4 Å². The van der Waals surface area contributed by atoms with Crippen LogP contribution >= 0.6 is 22.9 Å². The first-order chi connectivity index (χ1) is 7.22. The fourth-order valence-electron chi connectivity index (χ4n) is 1.45. The van der Waals surface area contributed by atoms with Crippen LogP contribution in [-0.4, -0.2) is 0 Å². The number of nitrogens with one attached hydrogen (secondary N) is 1. The van der Waals surface area contributed by atoms with Crippen molar-refractivity contribution in [3.05, 3.63) is 45.0 Å². The van der Waals surface area contributed by atoms with Crippen molar-refractivity contribution in [2.24, 2.45) is 5.84 Å². The number of hydrogen-bond acceptors (Lipinski definition) is 4. The van der Waals surface area contributed by atoms with E-state index < -0.39 is 0 Å². The molecule has 0 bridgehead atoms. The monoisotopic (exact) mass is 242 g/mol. The maximum atomic E-state index is 5.73. The van der Waals surface area contributed by atoms with Crippen LogP contribution < -0.4 is 11.3 Å². The minimum atomic E-state index is -0.127. The van der Waals surface area contributed by atoms with Gasteiger partial charge in [-0.25, -0.2) is 5.43 Å². The van der Waals surface area contributed by atoms with Gasteiger partial charge >= 0.3 is 0 Å². The zero-order valence-electron chi connectivity index (χ0n) is 8.16. The Hall–Kier alpha value is -0.810. The summed E-state index contributed by atoms with van der Waals surface area (Å²) in [7, 11) is 0. The first-order valence-electron chi connectivity index (χ1n) is 4.47. The Balaban J connectivity index is 2.36. The second kappa shape index (κ2) is 4.37. The Morgan fingerprint density at radius 1 is 1.47 bits per heavy atom. The van der Waals surface area contributed by atoms with Gasteiger partial charge in [-0.3, -0.25) is 5.84 Å². The van der Waals surface area contributed by atoms with Gasteiger partial charge in [-0.1, -0.05) is 0 Å². The van der Waals surface area contributed by atoms with E-state index in [1.54, 1.807) is 17.4 Å². The smallest absolute Gasteiger partial charge is 0.193 e. The molecule has 2 heterocycles. The van der Waals surface area contributed by atoms with Crippen molar-refractivity contribution in [3.63, 3.8) is 0 Å². The third-order valence-corrected chi connectivity index (χ3v) is 3.50. The molecule has 0 aromatic carbocycles. The van der Waals surface area contributed by atoms with E-state index in [4.69, 9.17) is 21.9 Å². The minimum absolute atomic E-state index is 0.127. The average molecular weight is 243 g/mol. The second-order valence-electron chi connectivity index (χ2n) is 3.21. The molecule has 0 amide bonds. The maximum absolute atomic E-state index is 5.73. The lowest BCUT2D eigenvalue weighted by atomic mass is 10.1. The summed E-state index contributed by atoms with van der Waals surface area (Å²) in [5, 5.41) is 2.40. The second-order valence-corrected chi connectivity index (χ2v) is 4.53. The van der Waals surface area contributed by atoms with E-state index in [0.717, 1.165) is 10.6 Å². The Kier molecular flexibility index (Phi) is 3.11. The molecule has 0 aliphatic heterocycles. The van der Waals surface area contributed by atoms with Gasteiger partial charge in [0.05, 0.1) is 0 Å². The molecule has 0 radical (unpaired) electrons. The van der Waals surface area contributed by atoms with Gasteiger partial charge in [0, 0.05) is 4.88 Å². The molecule has 0 saturated carbocycles. The SMILES string of the molecule is Cc1ccsc1C(NN)c1ccc(Cl)o1. The Morgan fingerprint density at radius 2 is 2.27 bits per heavy atom. The minimum Gasteiger partial charge on any atom is -0.448 e. The number of rotatable bonds is 3. The zero-order valence-corrected chi connectivity index (χ0v) is 9.73. The molecule has 0 saturated heterocycles. The molecule has 0 fully saturated rings. The van der Waals surface area contributed by atoms with Crippen molar-refractivity contribution < 1.29 is 4.42 Å². The van der Waals surface area contributed by atoms with Crippen LogP contribution in [0, 0.1) is 6.92 Å². The van der Waals surface area contributed by atoms with Gasteiger partial charge in [0.1, 0.15) is 11.8 Å². The van der Waals surface area contributed by atoms with Crippen LogP contribution in [-0.2, 0) is 0 Å². The third-order valence-electron chi connectivity index (χ3n) is 2.21.